The molecule has 0 unspecified atom stereocenters. The van der Waals surface area contributed by atoms with Crippen LogP contribution in [0.3, 0.4) is 0 Å². The third-order valence-electron chi connectivity index (χ3n) is 4.89. The minimum absolute atomic E-state index is 0.000922. The van der Waals surface area contributed by atoms with Crippen molar-refractivity contribution in [3.63, 3.8) is 0 Å². The Hall–Kier alpha value is -3.32. The Morgan fingerprint density at radius 3 is 2.34 bits per heavy atom. The van der Waals surface area contributed by atoms with Crippen molar-refractivity contribution in [3.05, 3.63) is 71.0 Å². The maximum absolute atomic E-state index is 13.0. The van der Waals surface area contributed by atoms with Crippen LogP contribution in [-0.4, -0.2) is 22.4 Å². The molecule has 8 heteroatoms. The van der Waals surface area contributed by atoms with Gasteiger partial charge in [0.1, 0.15) is 11.4 Å². The Morgan fingerprint density at radius 2 is 1.78 bits per heavy atom. The summed E-state index contributed by atoms with van der Waals surface area (Å²) in [5, 5.41) is 0.739. The first kappa shape index (κ1) is 21.9. The maximum Gasteiger partial charge on any atom is 0.417 e. The highest BCUT2D eigenvalue weighted by atomic mass is 35.5. The van der Waals surface area contributed by atoms with E-state index in [9.17, 15) is 18.0 Å². The van der Waals surface area contributed by atoms with Crippen molar-refractivity contribution in [2.75, 3.05) is 0 Å². The van der Waals surface area contributed by atoms with E-state index in [-0.39, 0.29) is 16.8 Å². The molecule has 4 aromatic rings. The van der Waals surface area contributed by atoms with Crippen LogP contribution in [0.2, 0.25) is 5.02 Å². The maximum atomic E-state index is 13.0. The minimum atomic E-state index is -4.48. The molecule has 4 nitrogen and oxygen atoms in total. The van der Waals surface area contributed by atoms with Crippen LogP contribution in [0.1, 0.15) is 25.1 Å². The van der Waals surface area contributed by atoms with Crippen LogP contribution < -0.4 is 4.74 Å². The van der Waals surface area contributed by atoms with Crippen LogP contribution in [0.4, 0.5) is 13.2 Å². The van der Waals surface area contributed by atoms with Crippen molar-refractivity contribution in [3.8, 4) is 28.1 Å². The second kappa shape index (κ2) is 8.31. The van der Waals surface area contributed by atoms with Gasteiger partial charge in [-0.25, -0.2) is 0 Å². The summed E-state index contributed by atoms with van der Waals surface area (Å²) in [6, 6.07) is 13.0. The van der Waals surface area contributed by atoms with Crippen molar-refractivity contribution in [2.24, 2.45) is 0 Å². The Kier molecular flexibility index (Phi) is 5.69. The van der Waals surface area contributed by atoms with Gasteiger partial charge in [-0.05, 0) is 49.7 Å². The topological polar surface area (TPSA) is 55.0 Å². The molecular weight excluding hydrogens is 441 g/mol. The average Bonchev–Trinajstić information content (AvgIpc) is 3.08. The van der Waals surface area contributed by atoms with Gasteiger partial charge in [0.2, 0.25) is 0 Å². The number of carbonyl (C=O) groups excluding carboxylic acids is 1. The number of aromatic amines is 1. The summed E-state index contributed by atoms with van der Waals surface area (Å²) in [6.45, 7) is 3.83. The third kappa shape index (κ3) is 4.08. The second-order valence-electron chi connectivity index (χ2n) is 7.45. The molecule has 0 saturated heterocycles. The molecule has 0 bridgehead atoms. The number of alkyl halides is 3. The summed E-state index contributed by atoms with van der Waals surface area (Å²) in [6.07, 6.45) is -1.90. The SMILES string of the molecule is CC(C)Oc1ccc(-c2c(-c3ccc(C(F)(F)F)cn3)ccc3[nH]c([C]=O)c(Cl)c23)cc1. The predicted molar refractivity (Wildman–Crippen MR) is 118 cm³/mol. The predicted octanol–water partition coefficient (Wildman–Crippen LogP) is 6.81. The van der Waals surface area contributed by atoms with E-state index in [1.54, 1.807) is 30.6 Å². The molecule has 32 heavy (non-hydrogen) atoms. The molecule has 0 atom stereocenters. The minimum Gasteiger partial charge on any atom is -0.491 e. The molecular formula is C24H17ClF3N2O2. The molecule has 0 fully saturated rings. The molecule has 163 valence electrons. The van der Waals surface area contributed by atoms with Gasteiger partial charge in [-0.15, -0.1) is 0 Å². The number of ether oxygens (including phenoxy) is 1. The third-order valence-corrected chi connectivity index (χ3v) is 5.27. The van der Waals surface area contributed by atoms with Gasteiger partial charge in [-0.1, -0.05) is 29.8 Å². The molecule has 0 aliphatic heterocycles. The van der Waals surface area contributed by atoms with E-state index >= 15 is 0 Å². The standard InChI is InChI=1S/C24H17ClF3N2O2/c1-13(2)32-16-6-3-14(4-7-16)21-17(18-9-5-15(11-29-18)24(26,27)28)8-10-19-22(21)23(25)20(12-31)30-19/h3-11,13,30H,1-2H3. The van der Waals surface area contributed by atoms with Crippen LogP contribution in [0.25, 0.3) is 33.3 Å². The molecule has 0 aliphatic carbocycles. The second-order valence-corrected chi connectivity index (χ2v) is 7.83. The van der Waals surface area contributed by atoms with Crippen molar-refractivity contribution in [1.29, 1.82) is 0 Å². The summed E-state index contributed by atoms with van der Waals surface area (Å²) < 4.78 is 44.7. The van der Waals surface area contributed by atoms with Gasteiger partial charge in [0.05, 0.1) is 22.4 Å². The quantitative estimate of drug-likeness (QED) is 0.358. The Balaban J connectivity index is 1.94. The van der Waals surface area contributed by atoms with Crippen LogP contribution in [-0.2, 0) is 11.0 Å². The lowest BCUT2D eigenvalue weighted by Gasteiger charge is -2.14. The van der Waals surface area contributed by atoms with Crippen molar-refractivity contribution in [1.82, 2.24) is 9.97 Å². The number of fused-ring (bicyclic) bond motifs is 1. The monoisotopic (exact) mass is 457 g/mol. The van der Waals surface area contributed by atoms with Crippen LogP contribution >= 0.6 is 11.6 Å². The highest BCUT2D eigenvalue weighted by Crippen LogP contribution is 2.42. The van der Waals surface area contributed by atoms with E-state index in [0.717, 1.165) is 17.8 Å². The zero-order valence-electron chi connectivity index (χ0n) is 17.0. The zero-order valence-corrected chi connectivity index (χ0v) is 17.8. The number of aromatic nitrogens is 2. The fourth-order valence-corrected chi connectivity index (χ4v) is 3.81. The number of benzene rings is 2. The summed E-state index contributed by atoms with van der Waals surface area (Å²) >= 11 is 6.47. The van der Waals surface area contributed by atoms with Crippen LogP contribution in [0, 0.1) is 0 Å². The van der Waals surface area contributed by atoms with Gasteiger partial charge >= 0.3 is 6.18 Å². The fraction of sp³-hybridized carbons (Fsp3) is 0.167. The molecule has 0 aliphatic rings. The lowest BCUT2D eigenvalue weighted by molar-refractivity contribution is -0.137. The van der Waals surface area contributed by atoms with Gasteiger partial charge in [0, 0.05) is 28.2 Å². The zero-order chi connectivity index (χ0) is 23.0. The van der Waals surface area contributed by atoms with Gasteiger partial charge in [0.15, 0.2) is 0 Å². The summed E-state index contributed by atoms with van der Waals surface area (Å²) in [5.41, 5.74) is 2.14. The van der Waals surface area contributed by atoms with Gasteiger partial charge < -0.3 is 9.72 Å². The van der Waals surface area contributed by atoms with Gasteiger partial charge in [-0.2, -0.15) is 13.2 Å². The normalized spacial score (nSPS) is 11.8. The van der Waals surface area contributed by atoms with Crippen molar-refractivity contribution < 1.29 is 22.7 Å². The number of halogens is 4. The van der Waals surface area contributed by atoms with Crippen molar-refractivity contribution >= 4 is 28.8 Å². The van der Waals surface area contributed by atoms with E-state index in [4.69, 9.17) is 16.3 Å². The number of rotatable bonds is 5. The van der Waals surface area contributed by atoms with E-state index in [0.29, 0.717) is 33.5 Å². The van der Waals surface area contributed by atoms with Crippen molar-refractivity contribution in [2.45, 2.75) is 26.1 Å². The Labute approximate surface area is 187 Å². The lowest BCUT2D eigenvalue weighted by Crippen LogP contribution is -2.05. The van der Waals surface area contributed by atoms with E-state index < -0.39 is 11.7 Å². The molecule has 4 rings (SSSR count). The van der Waals surface area contributed by atoms with Crippen LogP contribution in [0.5, 0.6) is 5.75 Å². The van der Waals surface area contributed by atoms with Crippen LogP contribution in [0.15, 0.2) is 54.7 Å². The first-order valence-electron chi connectivity index (χ1n) is 9.72. The van der Waals surface area contributed by atoms with Gasteiger partial charge in [-0.3, -0.25) is 9.78 Å². The first-order chi connectivity index (χ1) is 15.2. The Bertz CT molecular complexity index is 1280. The smallest absolute Gasteiger partial charge is 0.417 e. The molecule has 2 aromatic heterocycles. The molecule has 1 N–H and O–H groups in total. The Morgan fingerprint density at radius 1 is 1.06 bits per heavy atom. The number of H-pyrrole nitrogens is 1. The number of pyridine rings is 1. The number of nitrogens with one attached hydrogen (secondary N) is 1. The van der Waals surface area contributed by atoms with E-state index in [1.807, 2.05) is 26.0 Å². The summed E-state index contributed by atoms with van der Waals surface area (Å²) in [7, 11) is 0. The summed E-state index contributed by atoms with van der Waals surface area (Å²) in [5.74, 6) is 0.673. The number of nitrogens with zero attached hydrogens (tertiary/aromatic N) is 1. The highest BCUT2D eigenvalue weighted by Gasteiger charge is 2.31. The number of hydrogen-bond acceptors (Lipinski definition) is 3. The van der Waals surface area contributed by atoms with Gasteiger partial charge in [0.25, 0.3) is 6.29 Å². The molecule has 2 heterocycles. The van der Waals surface area contributed by atoms with E-state index in [1.165, 1.54) is 6.07 Å². The average molecular weight is 458 g/mol. The first-order valence-corrected chi connectivity index (χ1v) is 10.1. The summed E-state index contributed by atoms with van der Waals surface area (Å²) in [4.78, 5) is 18.3. The molecule has 0 amide bonds. The molecule has 1 radical (unpaired) electrons. The molecule has 0 spiro atoms. The number of hydrogen-bond donors (Lipinski definition) is 1. The molecule has 2 aromatic carbocycles. The molecule has 0 saturated carbocycles. The van der Waals surface area contributed by atoms with E-state index in [2.05, 4.69) is 9.97 Å². The largest absolute Gasteiger partial charge is 0.491 e. The lowest BCUT2D eigenvalue weighted by atomic mass is 9.93. The highest BCUT2D eigenvalue weighted by molar-refractivity contribution is 6.39. The fourth-order valence-electron chi connectivity index (χ4n) is 3.53.